The van der Waals surface area contributed by atoms with Crippen LogP contribution < -0.4 is 5.73 Å². The third-order valence-electron chi connectivity index (χ3n) is 1.61. The highest BCUT2D eigenvalue weighted by molar-refractivity contribution is 14.1. The van der Waals surface area contributed by atoms with Gasteiger partial charge in [0.2, 0.25) is 0 Å². The molecule has 11 heavy (non-hydrogen) atoms. The molecule has 1 rings (SSSR count). The van der Waals surface area contributed by atoms with Gasteiger partial charge in [0.1, 0.15) is 0 Å². The molecule has 1 aromatic carbocycles. The van der Waals surface area contributed by atoms with Gasteiger partial charge in [0.25, 0.3) is 0 Å². The SMILES string of the molecule is NCCc1ccc(CI)cc1. The van der Waals surface area contributed by atoms with E-state index in [0.717, 1.165) is 17.4 Å². The molecule has 0 spiro atoms. The largest absolute Gasteiger partial charge is 0.330 e. The van der Waals surface area contributed by atoms with Gasteiger partial charge in [0.05, 0.1) is 0 Å². The number of hydrogen-bond acceptors (Lipinski definition) is 1. The second-order valence-electron chi connectivity index (χ2n) is 2.49. The molecule has 0 aliphatic rings. The highest BCUT2D eigenvalue weighted by atomic mass is 127. The summed E-state index contributed by atoms with van der Waals surface area (Å²) in [4.78, 5) is 0. The normalized spacial score (nSPS) is 10.0. The van der Waals surface area contributed by atoms with E-state index in [1.807, 2.05) is 0 Å². The average Bonchev–Trinajstić information content (AvgIpc) is 2.07. The van der Waals surface area contributed by atoms with Crippen molar-refractivity contribution in [3.8, 4) is 0 Å². The van der Waals surface area contributed by atoms with Crippen LogP contribution in [0, 0.1) is 0 Å². The van der Waals surface area contributed by atoms with Crippen molar-refractivity contribution in [2.45, 2.75) is 10.8 Å². The van der Waals surface area contributed by atoms with Crippen molar-refractivity contribution in [3.05, 3.63) is 35.4 Å². The predicted molar refractivity (Wildman–Crippen MR) is 56.9 cm³/mol. The van der Waals surface area contributed by atoms with E-state index in [1.54, 1.807) is 0 Å². The first-order valence-electron chi connectivity index (χ1n) is 3.70. The van der Waals surface area contributed by atoms with Crippen LogP contribution in [0.1, 0.15) is 11.1 Å². The van der Waals surface area contributed by atoms with Gasteiger partial charge < -0.3 is 5.73 Å². The zero-order chi connectivity index (χ0) is 8.10. The molecule has 0 aliphatic carbocycles. The van der Waals surface area contributed by atoms with Crippen LogP contribution >= 0.6 is 22.6 Å². The molecule has 0 aliphatic heterocycles. The fourth-order valence-corrected chi connectivity index (χ4v) is 1.47. The van der Waals surface area contributed by atoms with Crippen LogP contribution in [-0.2, 0) is 10.8 Å². The molecule has 0 atom stereocenters. The van der Waals surface area contributed by atoms with Gasteiger partial charge in [-0.2, -0.15) is 0 Å². The van der Waals surface area contributed by atoms with Crippen molar-refractivity contribution in [3.63, 3.8) is 0 Å². The van der Waals surface area contributed by atoms with Gasteiger partial charge in [0, 0.05) is 4.43 Å². The molecule has 0 unspecified atom stereocenters. The highest BCUT2D eigenvalue weighted by Gasteiger charge is 1.91. The predicted octanol–water partition coefficient (Wildman–Crippen LogP) is 2.12. The molecule has 2 N–H and O–H groups in total. The summed E-state index contributed by atoms with van der Waals surface area (Å²) >= 11 is 2.36. The quantitative estimate of drug-likeness (QED) is 0.654. The summed E-state index contributed by atoms with van der Waals surface area (Å²) in [6.07, 6.45) is 0.988. The summed E-state index contributed by atoms with van der Waals surface area (Å²) in [7, 11) is 0. The maximum atomic E-state index is 5.43. The average molecular weight is 261 g/mol. The van der Waals surface area contributed by atoms with Crippen LogP contribution in [0.15, 0.2) is 24.3 Å². The zero-order valence-electron chi connectivity index (χ0n) is 6.39. The Morgan fingerprint density at radius 2 is 1.64 bits per heavy atom. The third-order valence-corrected chi connectivity index (χ3v) is 2.49. The Hall–Kier alpha value is -0.0900. The third kappa shape index (κ3) is 2.79. The van der Waals surface area contributed by atoms with Crippen LogP contribution in [-0.4, -0.2) is 6.54 Å². The van der Waals surface area contributed by atoms with E-state index in [9.17, 15) is 0 Å². The van der Waals surface area contributed by atoms with E-state index in [0.29, 0.717) is 0 Å². The Kier molecular flexibility index (Phi) is 3.86. The monoisotopic (exact) mass is 261 g/mol. The van der Waals surface area contributed by atoms with E-state index in [-0.39, 0.29) is 0 Å². The fourth-order valence-electron chi connectivity index (χ4n) is 0.962. The lowest BCUT2D eigenvalue weighted by Gasteiger charge is -1.99. The molecule has 0 amide bonds. The first-order chi connectivity index (χ1) is 5.36. The van der Waals surface area contributed by atoms with Crippen LogP contribution in [0.4, 0.5) is 0 Å². The first-order valence-corrected chi connectivity index (χ1v) is 5.23. The van der Waals surface area contributed by atoms with E-state index >= 15 is 0 Å². The number of nitrogens with two attached hydrogens (primary N) is 1. The zero-order valence-corrected chi connectivity index (χ0v) is 8.54. The van der Waals surface area contributed by atoms with Crippen LogP contribution in [0.5, 0.6) is 0 Å². The summed E-state index contributed by atoms with van der Waals surface area (Å²) in [5.41, 5.74) is 8.14. The molecule has 0 radical (unpaired) electrons. The standard InChI is InChI=1S/C9H12IN/c10-7-9-3-1-8(2-4-9)5-6-11/h1-4H,5-7,11H2. The minimum absolute atomic E-state index is 0.740. The molecular weight excluding hydrogens is 249 g/mol. The van der Waals surface area contributed by atoms with E-state index in [4.69, 9.17) is 5.73 Å². The number of halogens is 1. The van der Waals surface area contributed by atoms with Gasteiger partial charge in [-0.05, 0) is 24.1 Å². The molecule has 0 saturated carbocycles. The van der Waals surface area contributed by atoms with E-state index < -0.39 is 0 Å². The second-order valence-corrected chi connectivity index (χ2v) is 3.25. The first kappa shape index (κ1) is 9.00. The molecule has 0 heterocycles. The lowest BCUT2D eigenvalue weighted by molar-refractivity contribution is 0.968. The number of rotatable bonds is 3. The maximum Gasteiger partial charge on any atom is 0.0247 e. The Morgan fingerprint density at radius 1 is 1.09 bits per heavy atom. The van der Waals surface area contributed by atoms with Gasteiger partial charge in [-0.3, -0.25) is 0 Å². The summed E-state index contributed by atoms with van der Waals surface area (Å²) in [6.45, 7) is 0.740. The van der Waals surface area contributed by atoms with Crippen LogP contribution in [0.2, 0.25) is 0 Å². The summed E-state index contributed by atoms with van der Waals surface area (Å²) in [6, 6.07) is 8.64. The Morgan fingerprint density at radius 3 is 2.09 bits per heavy atom. The van der Waals surface area contributed by atoms with Gasteiger partial charge >= 0.3 is 0 Å². The Labute approximate surface area is 81.1 Å². The van der Waals surface area contributed by atoms with E-state index in [2.05, 4.69) is 46.9 Å². The number of hydrogen-bond donors (Lipinski definition) is 1. The summed E-state index contributed by atoms with van der Waals surface area (Å²) < 4.78 is 1.08. The topological polar surface area (TPSA) is 26.0 Å². The van der Waals surface area contributed by atoms with Crippen molar-refractivity contribution < 1.29 is 0 Å². The van der Waals surface area contributed by atoms with Crippen molar-refractivity contribution in [2.75, 3.05) is 6.54 Å². The molecule has 60 valence electrons. The van der Waals surface area contributed by atoms with Gasteiger partial charge in [-0.1, -0.05) is 46.9 Å². The van der Waals surface area contributed by atoms with Gasteiger partial charge in [0.15, 0.2) is 0 Å². The molecule has 0 saturated heterocycles. The summed E-state index contributed by atoms with van der Waals surface area (Å²) in [5, 5.41) is 0. The molecule has 0 fully saturated rings. The number of alkyl halides is 1. The lowest BCUT2D eigenvalue weighted by Crippen LogP contribution is -2.02. The van der Waals surface area contributed by atoms with Gasteiger partial charge in [-0.15, -0.1) is 0 Å². The lowest BCUT2D eigenvalue weighted by atomic mass is 10.1. The van der Waals surface area contributed by atoms with Crippen molar-refractivity contribution in [1.29, 1.82) is 0 Å². The molecular formula is C9H12IN. The maximum absolute atomic E-state index is 5.43. The molecule has 1 nitrogen and oxygen atoms in total. The second kappa shape index (κ2) is 4.72. The smallest absolute Gasteiger partial charge is 0.0247 e. The molecule has 2 heteroatoms. The minimum Gasteiger partial charge on any atom is -0.330 e. The molecule has 0 aromatic heterocycles. The molecule has 1 aromatic rings. The minimum atomic E-state index is 0.740. The van der Waals surface area contributed by atoms with Crippen LogP contribution in [0.25, 0.3) is 0 Å². The van der Waals surface area contributed by atoms with Crippen molar-refractivity contribution in [1.82, 2.24) is 0 Å². The van der Waals surface area contributed by atoms with E-state index in [1.165, 1.54) is 11.1 Å². The summed E-state index contributed by atoms with van der Waals surface area (Å²) in [5.74, 6) is 0. The fraction of sp³-hybridized carbons (Fsp3) is 0.333. The van der Waals surface area contributed by atoms with Crippen LogP contribution in [0.3, 0.4) is 0 Å². The molecule has 0 bridgehead atoms. The van der Waals surface area contributed by atoms with Crippen molar-refractivity contribution >= 4 is 22.6 Å². The Balaban J connectivity index is 2.66. The Bertz CT molecular complexity index is 205. The van der Waals surface area contributed by atoms with Crippen molar-refractivity contribution in [2.24, 2.45) is 5.73 Å². The number of benzene rings is 1. The highest BCUT2D eigenvalue weighted by Crippen LogP contribution is 2.07. The van der Waals surface area contributed by atoms with Gasteiger partial charge in [-0.25, -0.2) is 0 Å².